The molecule has 7 heteroatoms. The van der Waals surface area contributed by atoms with Gasteiger partial charge < -0.3 is 5.11 Å². The predicted molar refractivity (Wildman–Crippen MR) is 70.3 cm³/mol. The molecule has 1 heterocycles. The molecular weight excluding hydrogens is 274 g/mol. The molecule has 0 radical (unpaired) electrons. The smallest absolute Gasteiger partial charge is 0.318 e. The van der Waals surface area contributed by atoms with Crippen LogP contribution in [0, 0.1) is 6.92 Å². The summed E-state index contributed by atoms with van der Waals surface area (Å²) in [6, 6.07) is 2.90. The molecule has 0 spiro atoms. The van der Waals surface area contributed by atoms with Crippen LogP contribution >= 0.6 is 11.3 Å². The molecule has 0 bridgehead atoms. The molecule has 1 unspecified atom stereocenters. The zero-order valence-electron chi connectivity index (χ0n) is 10.6. The van der Waals surface area contributed by atoms with E-state index in [0.29, 0.717) is 6.42 Å². The van der Waals surface area contributed by atoms with Gasteiger partial charge in [-0.25, -0.2) is 8.42 Å². The minimum absolute atomic E-state index is 0.196. The highest BCUT2D eigenvalue weighted by Crippen LogP contribution is 2.26. The van der Waals surface area contributed by atoms with Gasteiger partial charge in [0.2, 0.25) is 0 Å². The largest absolute Gasteiger partial charge is 0.480 e. The lowest BCUT2D eigenvalue weighted by atomic mass is 10.2. The second-order valence-electron chi connectivity index (χ2n) is 4.07. The van der Waals surface area contributed by atoms with Crippen molar-refractivity contribution in [3.05, 3.63) is 17.0 Å². The highest BCUT2D eigenvalue weighted by Gasteiger charge is 2.31. The van der Waals surface area contributed by atoms with E-state index in [4.69, 9.17) is 5.11 Å². The van der Waals surface area contributed by atoms with Crippen molar-refractivity contribution in [1.29, 1.82) is 0 Å². The summed E-state index contributed by atoms with van der Waals surface area (Å²) < 4.78 is 25.9. The molecule has 0 aromatic carbocycles. The normalized spacial score (nSPS) is 13.8. The molecule has 1 N–H and O–H groups in total. The van der Waals surface area contributed by atoms with Gasteiger partial charge in [0.05, 0.1) is 0 Å². The van der Waals surface area contributed by atoms with Gasteiger partial charge in [0.25, 0.3) is 10.0 Å². The molecule has 1 aromatic rings. The van der Waals surface area contributed by atoms with Crippen LogP contribution in [0.3, 0.4) is 0 Å². The number of carboxylic acids is 1. The van der Waals surface area contributed by atoms with Crippen molar-refractivity contribution in [2.75, 3.05) is 6.54 Å². The second-order valence-corrected chi connectivity index (χ2v) is 7.47. The molecule has 1 atom stereocenters. The quantitative estimate of drug-likeness (QED) is 0.869. The van der Waals surface area contributed by atoms with Gasteiger partial charge in [-0.2, -0.15) is 4.31 Å². The Hall–Kier alpha value is -0.920. The molecular formula is C11H17NO4S2. The average molecular weight is 291 g/mol. The monoisotopic (exact) mass is 291 g/mol. The van der Waals surface area contributed by atoms with E-state index in [1.807, 2.05) is 13.8 Å². The van der Waals surface area contributed by atoms with Crippen LogP contribution in [-0.4, -0.2) is 36.4 Å². The molecule has 1 rings (SSSR count). The van der Waals surface area contributed by atoms with Gasteiger partial charge in [-0.3, -0.25) is 4.79 Å². The van der Waals surface area contributed by atoms with Crippen LogP contribution in [0.25, 0.3) is 0 Å². The number of nitrogens with zero attached hydrogens (tertiary/aromatic N) is 1. The Morgan fingerprint density at radius 1 is 1.50 bits per heavy atom. The van der Waals surface area contributed by atoms with Gasteiger partial charge in [0, 0.05) is 10.9 Å². The maximum absolute atomic E-state index is 12.4. The number of hydrogen-bond donors (Lipinski definition) is 1. The molecule has 0 aliphatic carbocycles. The Morgan fingerprint density at radius 3 is 2.50 bits per heavy atom. The highest BCUT2D eigenvalue weighted by atomic mass is 32.2. The zero-order valence-corrected chi connectivity index (χ0v) is 12.2. The summed E-state index contributed by atoms with van der Waals surface area (Å²) in [6.45, 7) is 4.85. The summed E-state index contributed by atoms with van der Waals surface area (Å²) in [5, 5.41) is 8.84. The summed E-state index contributed by atoms with van der Waals surface area (Å²) in [6.07, 6.45) is 0.566. The van der Waals surface area contributed by atoms with E-state index < -0.39 is 22.5 Å². The van der Waals surface area contributed by atoms with Crippen molar-refractivity contribution in [2.24, 2.45) is 0 Å². The van der Waals surface area contributed by atoms with Gasteiger partial charge >= 0.3 is 5.97 Å². The molecule has 0 saturated carbocycles. The fourth-order valence-electron chi connectivity index (χ4n) is 1.48. The summed E-state index contributed by atoms with van der Waals surface area (Å²) >= 11 is 1.16. The fourth-order valence-corrected chi connectivity index (χ4v) is 4.55. The fraction of sp³-hybridized carbons (Fsp3) is 0.545. The van der Waals surface area contributed by atoms with E-state index in [1.54, 1.807) is 13.0 Å². The van der Waals surface area contributed by atoms with Crippen LogP contribution in [0.4, 0.5) is 0 Å². The SMILES string of the molecule is CCC(C)N(CC(=O)O)S(=O)(=O)c1ccc(C)s1. The summed E-state index contributed by atoms with van der Waals surface area (Å²) in [5.41, 5.74) is 0. The first-order valence-electron chi connectivity index (χ1n) is 5.59. The predicted octanol–water partition coefficient (Wildman–Crippen LogP) is 1.93. The minimum atomic E-state index is -3.72. The van der Waals surface area contributed by atoms with Gasteiger partial charge in [-0.05, 0) is 32.4 Å². The Balaban J connectivity index is 3.15. The topological polar surface area (TPSA) is 74.7 Å². The third-order valence-electron chi connectivity index (χ3n) is 2.65. The first kappa shape index (κ1) is 15.1. The molecule has 5 nitrogen and oxygen atoms in total. The van der Waals surface area contributed by atoms with Crippen molar-refractivity contribution in [3.63, 3.8) is 0 Å². The van der Waals surface area contributed by atoms with Crippen molar-refractivity contribution in [1.82, 2.24) is 4.31 Å². The maximum Gasteiger partial charge on any atom is 0.318 e. The van der Waals surface area contributed by atoms with Gasteiger partial charge in [-0.1, -0.05) is 6.92 Å². The molecule has 0 aliphatic rings. The van der Waals surface area contributed by atoms with Crippen molar-refractivity contribution in [3.8, 4) is 0 Å². The zero-order chi connectivity index (χ0) is 13.9. The third-order valence-corrected chi connectivity index (χ3v) is 6.08. The molecule has 102 valence electrons. The number of thiophene rings is 1. The molecule has 0 amide bonds. The van der Waals surface area contributed by atoms with Crippen LogP contribution < -0.4 is 0 Å². The van der Waals surface area contributed by atoms with E-state index in [0.717, 1.165) is 20.5 Å². The number of aryl methyl sites for hydroxylation is 1. The average Bonchev–Trinajstić information content (AvgIpc) is 2.72. The number of sulfonamides is 1. The van der Waals surface area contributed by atoms with Crippen LogP contribution in [0.1, 0.15) is 25.1 Å². The Bertz CT molecular complexity index is 521. The second kappa shape index (κ2) is 5.81. The maximum atomic E-state index is 12.4. The van der Waals surface area contributed by atoms with Gasteiger partial charge in [-0.15, -0.1) is 11.3 Å². The van der Waals surface area contributed by atoms with Crippen LogP contribution in [0.5, 0.6) is 0 Å². The lowest BCUT2D eigenvalue weighted by Gasteiger charge is -2.25. The standard InChI is InChI=1S/C11H17NO4S2/c1-4-8(2)12(7-10(13)14)18(15,16)11-6-5-9(3)17-11/h5-6,8H,4,7H2,1-3H3,(H,13,14). The van der Waals surface area contributed by atoms with Crippen molar-refractivity contribution in [2.45, 2.75) is 37.4 Å². The summed E-state index contributed by atoms with van der Waals surface area (Å²) in [7, 11) is -3.72. The molecule has 0 fully saturated rings. The molecule has 1 aromatic heterocycles. The molecule has 0 saturated heterocycles. The number of carboxylic acid groups (broad SMARTS) is 1. The van der Waals surface area contributed by atoms with Crippen molar-refractivity contribution >= 4 is 27.3 Å². The number of carbonyl (C=O) groups is 1. The minimum Gasteiger partial charge on any atom is -0.480 e. The molecule has 0 aliphatic heterocycles. The van der Waals surface area contributed by atoms with E-state index in [9.17, 15) is 13.2 Å². The molecule has 18 heavy (non-hydrogen) atoms. The van der Waals surface area contributed by atoms with E-state index in [-0.39, 0.29) is 10.3 Å². The number of rotatable bonds is 6. The first-order chi connectivity index (χ1) is 8.28. The van der Waals surface area contributed by atoms with Crippen molar-refractivity contribution < 1.29 is 18.3 Å². The lowest BCUT2D eigenvalue weighted by molar-refractivity contribution is -0.137. The van der Waals surface area contributed by atoms with E-state index >= 15 is 0 Å². The number of hydrogen-bond acceptors (Lipinski definition) is 4. The van der Waals surface area contributed by atoms with Gasteiger partial charge in [0.1, 0.15) is 10.8 Å². The van der Waals surface area contributed by atoms with E-state index in [2.05, 4.69) is 0 Å². The Kier molecular flexibility index (Phi) is 4.89. The summed E-state index contributed by atoms with van der Waals surface area (Å²) in [5.74, 6) is -1.15. The third kappa shape index (κ3) is 3.30. The number of aliphatic carboxylic acids is 1. The first-order valence-corrected chi connectivity index (χ1v) is 7.84. The van der Waals surface area contributed by atoms with Crippen LogP contribution in [0.15, 0.2) is 16.3 Å². The van der Waals surface area contributed by atoms with Gasteiger partial charge in [0.15, 0.2) is 0 Å². The Morgan fingerprint density at radius 2 is 2.11 bits per heavy atom. The van der Waals surface area contributed by atoms with E-state index in [1.165, 1.54) is 6.07 Å². The lowest BCUT2D eigenvalue weighted by Crippen LogP contribution is -2.41. The summed E-state index contributed by atoms with van der Waals surface area (Å²) in [4.78, 5) is 11.7. The van der Waals surface area contributed by atoms with Crippen LogP contribution in [-0.2, 0) is 14.8 Å². The van der Waals surface area contributed by atoms with Crippen LogP contribution in [0.2, 0.25) is 0 Å². The Labute approximate surface area is 111 Å². The highest BCUT2D eigenvalue weighted by molar-refractivity contribution is 7.91.